The molecule has 0 saturated carbocycles. The molecular formula is C15H19N5O. The van der Waals surface area contributed by atoms with Crippen LogP contribution in [-0.2, 0) is 11.2 Å². The number of hydrogen-bond donors (Lipinski definition) is 1. The van der Waals surface area contributed by atoms with Crippen LogP contribution in [0.5, 0.6) is 0 Å². The molecule has 0 spiro atoms. The molecule has 0 atom stereocenters. The van der Waals surface area contributed by atoms with Gasteiger partial charge in [-0.05, 0) is 19.4 Å². The number of aromatic nitrogens is 3. The molecule has 1 fully saturated rings. The smallest absolute Gasteiger partial charge is 0.161 e. The van der Waals surface area contributed by atoms with Gasteiger partial charge in [0.15, 0.2) is 5.82 Å². The fourth-order valence-corrected chi connectivity index (χ4v) is 2.95. The van der Waals surface area contributed by atoms with Crippen molar-refractivity contribution in [1.82, 2.24) is 14.8 Å². The third kappa shape index (κ3) is 2.25. The zero-order chi connectivity index (χ0) is 14.2. The summed E-state index contributed by atoms with van der Waals surface area (Å²) in [5.41, 5.74) is 3.46. The van der Waals surface area contributed by atoms with Crippen LogP contribution in [0.1, 0.15) is 11.3 Å². The Kier molecular flexibility index (Phi) is 3.03. The highest BCUT2D eigenvalue weighted by Gasteiger charge is 2.22. The molecule has 6 nitrogen and oxygen atoms in total. The second-order valence-corrected chi connectivity index (χ2v) is 5.51. The monoisotopic (exact) mass is 285 g/mol. The Bertz CT molecular complexity index is 660. The molecule has 0 amide bonds. The zero-order valence-corrected chi connectivity index (χ0v) is 12.2. The molecule has 6 heteroatoms. The quantitative estimate of drug-likeness (QED) is 0.903. The van der Waals surface area contributed by atoms with E-state index in [2.05, 4.69) is 21.4 Å². The molecule has 1 N–H and O–H groups in total. The first-order valence-electron chi connectivity index (χ1n) is 7.44. The minimum atomic E-state index is 0.766. The number of aryl methyl sites for hydroxylation is 1. The second kappa shape index (κ2) is 5.04. The van der Waals surface area contributed by atoms with Crippen LogP contribution >= 0.6 is 0 Å². The lowest BCUT2D eigenvalue weighted by Crippen LogP contribution is -2.37. The highest BCUT2D eigenvalue weighted by Crippen LogP contribution is 2.31. The predicted octanol–water partition coefficient (Wildman–Crippen LogP) is 1.38. The van der Waals surface area contributed by atoms with E-state index in [4.69, 9.17) is 9.72 Å². The van der Waals surface area contributed by atoms with Crippen LogP contribution in [0.25, 0.3) is 5.82 Å². The number of ether oxygens (including phenoxy) is 1. The number of rotatable bonds is 2. The Morgan fingerprint density at radius 2 is 2.14 bits per heavy atom. The number of hydrogen-bond acceptors (Lipinski definition) is 5. The lowest BCUT2D eigenvalue weighted by Gasteiger charge is -2.28. The van der Waals surface area contributed by atoms with Crippen LogP contribution in [0.4, 0.5) is 11.5 Å². The van der Waals surface area contributed by atoms with Crippen LogP contribution < -0.4 is 10.2 Å². The maximum atomic E-state index is 5.43. The van der Waals surface area contributed by atoms with Gasteiger partial charge in [0.1, 0.15) is 5.82 Å². The first-order valence-corrected chi connectivity index (χ1v) is 7.44. The van der Waals surface area contributed by atoms with E-state index in [1.807, 2.05) is 23.9 Å². The number of morpholine rings is 1. The first-order chi connectivity index (χ1) is 10.3. The maximum Gasteiger partial charge on any atom is 0.161 e. The van der Waals surface area contributed by atoms with E-state index < -0.39 is 0 Å². The standard InChI is InChI=1S/C15H19N5O/c1-11-3-5-20(18-11)15-12-2-4-16-13(12)10-14(17-15)19-6-8-21-9-7-19/h3,5,10,16H,2,4,6-9H2,1H3. The minimum Gasteiger partial charge on any atom is -0.384 e. The van der Waals surface area contributed by atoms with Crippen molar-refractivity contribution >= 4 is 11.5 Å². The van der Waals surface area contributed by atoms with Gasteiger partial charge in [-0.2, -0.15) is 5.10 Å². The molecule has 2 aromatic rings. The average molecular weight is 285 g/mol. The Morgan fingerprint density at radius 1 is 1.29 bits per heavy atom. The number of nitrogens with one attached hydrogen (secondary N) is 1. The second-order valence-electron chi connectivity index (χ2n) is 5.51. The number of anilines is 2. The molecular weight excluding hydrogens is 266 g/mol. The number of nitrogens with zero attached hydrogens (tertiary/aromatic N) is 4. The Balaban J connectivity index is 1.79. The van der Waals surface area contributed by atoms with Gasteiger partial charge in [0, 0.05) is 43.1 Å². The average Bonchev–Trinajstić information content (AvgIpc) is 3.15. The van der Waals surface area contributed by atoms with Crippen molar-refractivity contribution < 1.29 is 4.74 Å². The van der Waals surface area contributed by atoms with Crippen LogP contribution in [0.3, 0.4) is 0 Å². The van der Waals surface area contributed by atoms with E-state index in [0.717, 1.165) is 56.6 Å². The van der Waals surface area contributed by atoms with E-state index in [9.17, 15) is 0 Å². The molecule has 0 aliphatic carbocycles. The Hall–Kier alpha value is -2.08. The van der Waals surface area contributed by atoms with Crippen LogP contribution in [0.15, 0.2) is 18.3 Å². The van der Waals surface area contributed by atoms with Crippen molar-refractivity contribution in [2.24, 2.45) is 0 Å². The Morgan fingerprint density at radius 3 is 2.90 bits per heavy atom. The number of fused-ring (bicyclic) bond motifs is 1. The van der Waals surface area contributed by atoms with Gasteiger partial charge in [0.05, 0.1) is 18.9 Å². The van der Waals surface area contributed by atoms with Crippen LogP contribution in [-0.4, -0.2) is 47.6 Å². The summed E-state index contributed by atoms with van der Waals surface area (Å²) < 4.78 is 7.32. The zero-order valence-electron chi connectivity index (χ0n) is 12.2. The lowest BCUT2D eigenvalue weighted by molar-refractivity contribution is 0.122. The van der Waals surface area contributed by atoms with Gasteiger partial charge in [-0.15, -0.1) is 0 Å². The Labute approximate surface area is 123 Å². The highest BCUT2D eigenvalue weighted by atomic mass is 16.5. The molecule has 2 aliphatic rings. The SMILES string of the molecule is Cc1ccn(-c2nc(N3CCOCC3)cc3c2CCN3)n1. The normalized spacial score (nSPS) is 17.7. The van der Waals surface area contributed by atoms with Crippen LogP contribution in [0, 0.1) is 6.92 Å². The topological polar surface area (TPSA) is 55.2 Å². The highest BCUT2D eigenvalue weighted by molar-refractivity contribution is 5.67. The van der Waals surface area contributed by atoms with E-state index in [1.54, 1.807) is 0 Å². The summed E-state index contributed by atoms with van der Waals surface area (Å²) in [5, 5.41) is 7.99. The summed E-state index contributed by atoms with van der Waals surface area (Å²) in [6, 6.07) is 4.17. The summed E-state index contributed by atoms with van der Waals surface area (Å²) >= 11 is 0. The fraction of sp³-hybridized carbons (Fsp3) is 0.467. The van der Waals surface area contributed by atoms with E-state index in [1.165, 1.54) is 11.3 Å². The summed E-state index contributed by atoms with van der Waals surface area (Å²) in [6.45, 7) is 6.29. The molecule has 4 rings (SSSR count). The molecule has 0 aromatic carbocycles. The van der Waals surface area contributed by atoms with Gasteiger partial charge in [-0.25, -0.2) is 9.67 Å². The van der Waals surface area contributed by atoms with Crippen molar-refractivity contribution in [1.29, 1.82) is 0 Å². The van der Waals surface area contributed by atoms with Crippen molar-refractivity contribution in [3.8, 4) is 5.82 Å². The van der Waals surface area contributed by atoms with Gasteiger partial charge in [0.2, 0.25) is 0 Å². The van der Waals surface area contributed by atoms with Gasteiger partial charge >= 0.3 is 0 Å². The molecule has 1 saturated heterocycles. The van der Waals surface area contributed by atoms with E-state index in [0.29, 0.717) is 0 Å². The van der Waals surface area contributed by atoms with Gasteiger partial charge in [0.25, 0.3) is 0 Å². The molecule has 2 aliphatic heterocycles. The molecule has 0 unspecified atom stereocenters. The molecule has 0 bridgehead atoms. The third-order valence-corrected chi connectivity index (χ3v) is 4.05. The lowest BCUT2D eigenvalue weighted by atomic mass is 10.2. The first kappa shape index (κ1) is 12.6. The number of pyridine rings is 1. The summed E-state index contributed by atoms with van der Waals surface area (Å²) in [4.78, 5) is 7.16. The fourth-order valence-electron chi connectivity index (χ4n) is 2.95. The predicted molar refractivity (Wildman–Crippen MR) is 81.3 cm³/mol. The van der Waals surface area contributed by atoms with Gasteiger partial charge in [-0.1, -0.05) is 0 Å². The summed E-state index contributed by atoms with van der Waals surface area (Å²) in [6.07, 6.45) is 2.99. The molecule has 110 valence electrons. The van der Waals surface area contributed by atoms with Gasteiger partial charge < -0.3 is 15.0 Å². The summed E-state index contributed by atoms with van der Waals surface area (Å²) in [7, 11) is 0. The minimum absolute atomic E-state index is 0.766. The third-order valence-electron chi connectivity index (χ3n) is 4.05. The maximum absolute atomic E-state index is 5.43. The van der Waals surface area contributed by atoms with Crippen LogP contribution in [0.2, 0.25) is 0 Å². The van der Waals surface area contributed by atoms with Crippen molar-refractivity contribution in [2.45, 2.75) is 13.3 Å². The van der Waals surface area contributed by atoms with E-state index in [-0.39, 0.29) is 0 Å². The van der Waals surface area contributed by atoms with Gasteiger partial charge in [-0.3, -0.25) is 0 Å². The van der Waals surface area contributed by atoms with Crippen molar-refractivity contribution in [3.63, 3.8) is 0 Å². The van der Waals surface area contributed by atoms with Crippen molar-refractivity contribution in [2.75, 3.05) is 43.1 Å². The molecule has 21 heavy (non-hydrogen) atoms. The summed E-state index contributed by atoms with van der Waals surface area (Å²) in [5.74, 6) is 1.96. The largest absolute Gasteiger partial charge is 0.384 e. The molecule has 2 aromatic heterocycles. The molecule has 4 heterocycles. The van der Waals surface area contributed by atoms with E-state index >= 15 is 0 Å². The molecule has 0 radical (unpaired) electrons. The van der Waals surface area contributed by atoms with Crippen molar-refractivity contribution in [3.05, 3.63) is 29.6 Å².